The molecule has 67 valence electrons. The Balaban J connectivity index is 2.75. The lowest BCUT2D eigenvalue weighted by molar-refractivity contribution is 0.596. The van der Waals surface area contributed by atoms with Crippen molar-refractivity contribution in [1.29, 1.82) is 0 Å². The van der Waals surface area contributed by atoms with Gasteiger partial charge < -0.3 is 0 Å². The monoisotopic (exact) mass is 196 g/mol. The quantitative estimate of drug-likeness (QED) is 0.721. The molecular formula is C7H6N3O2S. The summed E-state index contributed by atoms with van der Waals surface area (Å²) in [5.41, 5.74) is 0.757. The summed E-state index contributed by atoms with van der Waals surface area (Å²) in [7, 11) is -3.86. The minimum absolute atomic E-state index is 0.0126. The second kappa shape index (κ2) is 2.54. The number of nitrogens with one attached hydrogen (secondary N) is 2. The molecule has 2 rings (SSSR count). The van der Waals surface area contributed by atoms with Gasteiger partial charge in [-0.05, 0) is 18.2 Å². The van der Waals surface area contributed by atoms with Gasteiger partial charge in [0.15, 0.2) is 0 Å². The average molecular weight is 196 g/mol. The Hall–Kier alpha value is -1.40. The van der Waals surface area contributed by atoms with E-state index in [0.29, 0.717) is 5.39 Å². The highest BCUT2D eigenvalue weighted by Gasteiger charge is 2.08. The molecule has 0 aliphatic carbocycles. The van der Waals surface area contributed by atoms with Gasteiger partial charge in [0.25, 0.3) is 10.0 Å². The fraction of sp³-hybridized carbons (Fsp3) is 0. The molecule has 0 bridgehead atoms. The lowest BCUT2D eigenvalue weighted by Crippen LogP contribution is -1.99. The van der Waals surface area contributed by atoms with Crippen molar-refractivity contribution in [2.45, 2.75) is 4.90 Å². The Morgan fingerprint density at radius 1 is 1.38 bits per heavy atom. The van der Waals surface area contributed by atoms with E-state index in [0.717, 1.165) is 5.52 Å². The maximum absolute atomic E-state index is 10.8. The summed E-state index contributed by atoms with van der Waals surface area (Å²) < 4.78 is 21.7. The number of hydrogen-bond acceptors (Lipinski definition) is 3. The van der Waals surface area contributed by atoms with Crippen molar-refractivity contribution in [2.75, 3.05) is 0 Å². The van der Waals surface area contributed by atoms with Crippen LogP contribution in [0.2, 0.25) is 0 Å². The molecule has 0 fully saturated rings. The maximum atomic E-state index is 10.8. The zero-order valence-corrected chi connectivity index (χ0v) is 7.30. The smallest absolute Gasteiger partial charge is 0.254 e. The van der Waals surface area contributed by atoms with E-state index < -0.39 is 10.0 Å². The molecule has 6 heteroatoms. The fourth-order valence-electron chi connectivity index (χ4n) is 1.09. The molecule has 0 spiro atoms. The minimum atomic E-state index is -3.86. The van der Waals surface area contributed by atoms with Crippen LogP contribution >= 0.6 is 0 Å². The van der Waals surface area contributed by atoms with E-state index in [1.54, 1.807) is 6.07 Å². The summed E-state index contributed by atoms with van der Waals surface area (Å²) in [6, 6.07) is 4.38. The van der Waals surface area contributed by atoms with Crippen LogP contribution in [0.4, 0.5) is 0 Å². The standard InChI is InChI=1S/C7H6N3O2S/c8-13(11,12)6-1-2-7-5(3-6)4-9-10-7/h1-4,8H,(H,9,10). The van der Waals surface area contributed by atoms with Gasteiger partial charge in [0.1, 0.15) is 0 Å². The molecule has 1 aromatic heterocycles. The van der Waals surface area contributed by atoms with Crippen molar-refractivity contribution in [2.24, 2.45) is 0 Å². The maximum Gasteiger partial charge on any atom is 0.254 e. The van der Waals surface area contributed by atoms with Gasteiger partial charge in [-0.2, -0.15) is 5.10 Å². The van der Waals surface area contributed by atoms with E-state index in [9.17, 15) is 8.42 Å². The first-order valence-electron chi connectivity index (χ1n) is 3.50. The molecule has 0 unspecified atom stereocenters. The van der Waals surface area contributed by atoms with Gasteiger partial charge in [0.05, 0.1) is 16.6 Å². The van der Waals surface area contributed by atoms with Crippen LogP contribution in [0.5, 0.6) is 0 Å². The number of aromatic amines is 1. The van der Waals surface area contributed by atoms with Gasteiger partial charge in [0.2, 0.25) is 0 Å². The van der Waals surface area contributed by atoms with Crippen molar-refractivity contribution in [3.05, 3.63) is 24.4 Å². The van der Waals surface area contributed by atoms with E-state index in [1.165, 1.54) is 18.3 Å². The molecule has 0 aliphatic rings. The second-order valence-corrected chi connectivity index (χ2v) is 4.10. The van der Waals surface area contributed by atoms with Crippen LogP contribution in [-0.4, -0.2) is 18.6 Å². The average Bonchev–Trinajstić information content (AvgIpc) is 2.47. The summed E-state index contributed by atoms with van der Waals surface area (Å²) in [5, 5.41) is 14.0. The van der Waals surface area contributed by atoms with Crippen molar-refractivity contribution < 1.29 is 8.42 Å². The van der Waals surface area contributed by atoms with E-state index >= 15 is 0 Å². The normalized spacial score (nSPS) is 12.1. The molecule has 1 radical (unpaired) electrons. The molecule has 1 heterocycles. The third-order valence-corrected chi connectivity index (χ3v) is 2.60. The number of hydrogen-bond donors (Lipinski definition) is 1. The number of benzene rings is 1. The predicted molar refractivity (Wildman–Crippen MR) is 46.4 cm³/mol. The number of aromatic nitrogens is 2. The second-order valence-electron chi connectivity index (χ2n) is 2.62. The molecule has 0 saturated heterocycles. The summed E-state index contributed by atoms with van der Waals surface area (Å²) >= 11 is 0. The van der Waals surface area contributed by atoms with Gasteiger partial charge in [-0.25, -0.2) is 8.42 Å². The molecule has 0 saturated carbocycles. The number of nitrogens with zero attached hydrogens (tertiary/aromatic N) is 1. The topological polar surface area (TPSA) is 86.6 Å². The molecule has 0 atom stereocenters. The molecule has 5 nitrogen and oxygen atoms in total. The zero-order chi connectivity index (χ0) is 9.47. The molecule has 2 aromatic rings. The van der Waals surface area contributed by atoms with Crippen LogP contribution in [0.1, 0.15) is 0 Å². The predicted octanol–water partition coefficient (Wildman–Crippen LogP) is 0.535. The third kappa shape index (κ3) is 1.41. The Morgan fingerprint density at radius 2 is 2.15 bits per heavy atom. The zero-order valence-electron chi connectivity index (χ0n) is 6.48. The highest BCUT2D eigenvalue weighted by Crippen LogP contribution is 2.15. The number of sulfonamides is 1. The summed E-state index contributed by atoms with van der Waals surface area (Å²) in [6.07, 6.45) is 1.52. The SMILES string of the molecule is [NH]S(=O)(=O)c1ccc2[nH]ncc2c1. The molecular weight excluding hydrogens is 190 g/mol. The van der Waals surface area contributed by atoms with Crippen LogP contribution in [0.3, 0.4) is 0 Å². The Bertz CT molecular complexity index is 544. The van der Waals surface area contributed by atoms with Crippen LogP contribution < -0.4 is 5.14 Å². The summed E-state index contributed by atoms with van der Waals surface area (Å²) in [4.78, 5) is -0.0126. The molecule has 0 amide bonds. The van der Waals surface area contributed by atoms with E-state index in [1.807, 2.05) is 0 Å². The Kier molecular flexibility index (Phi) is 1.61. The van der Waals surface area contributed by atoms with Gasteiger partial charge in [-0.3, -0.25) is 5.10 Å². The van der Waals surface area contributed by atoms with Gasteiger partial charge in [0, 0.05) is 5.39 Å². The van der Waals surface area contributed by atoms with Crippen molar-refractivity contribution in [1.82, 2.24) is 15.3 Å². The Labute approximate surface area is 74.6 Å². The first-order valence-corrected chi connectivity index (χ1v) is 4.98. The fourth-order valence-corrected chi connectivity index (χ4v) is 1.62. The third-order valence-electron chi connectivity index (χ3n) is 1.72. The largest absolute Gasteiger partial charge is 0.278 e. The van der Waals surface area contributed by atoms with E-state index in [2.05, 4.69) is 10.2 Å². The highest BCUT2D eigenvalue weighted by atomic mass is 32.2. The van der Waals surface area contributed by atoms with Gasteiger partial charge >= 0.3 is 0 Å². The summed E-state index contributed by atoms with van der Waals surface area (Å²) in [5.74, 6) is 0. The van der Waals surface area contributed by atoms with Crippen molar-refractivity contribution in [3.8, 4) is 0 Å². The van der Waals surface area contributed by atoms with Gasteiger partial charge in [-0.1, -0.05) is 0 Å². The lowest BCUT2D eigenvalue weighted by Gasteiger charge is -1.95. The van der Waals surface area contributed by atoms with Crippen molar-refractivity contribution in [3.63, 3.8) is 0 Å². The van der Waals surface area contributed by atoms with E-state index in [4.69, 9.17) is 5.14 Å². The Morgan fingerprint density at radius 3 is 2.85 bits per heavy atom. The molecule has 1 aromatic carbocycles. The first kappa shape index (κ1) is 8.21. The van der Waals surface area contributed by atoms with Crippen LogP contribution in [0.15, 0.2) is 29.3 Å². The number of rotatable bonds is 1. The van der Waals surface area contributed by atoms with Gasteiger partial charge in [-0.15, -0.1) is 5.14 Å². The van der Waals surface area contributed by atoms with Crippen molar-refractivity contribution >= 4 is 20.9 Å². The number of H-pyrrole nitrogens is 1. The lowest BCUT2D eigenvalue weighted by atomic mass is 10.3. The molecule has 13 heavy (non-hydrogen) atoms. The first-order chi connectivity index (χ1) is 6.07. The minimum Gasteiger partial charge on any atom is -0.278 e. The van der Waals surface area contributed by atoms with Crippen LogP contribution in [0.25, 0.3) is 10.9 Å². The molecule has 2 N–H and O–H groups in total. The van der Waals surface area contributed by atoms with Crippen LogP contribution in [-0.2, 0) is 10.0 Å². The summed E-state index contributed by atoms with van der Waals surface area (Å²) in [6.45, 7) is 0. The van der Waals surface area contributed by atoms with E-state index in [-0.39, 0.29) is 4.90 Å². The number of fused-ring (bicyclic) bond motifs is 1. The molecule has 0 aliphatic heterocycles. The highest BCUT2D eigenvalue weighted by molar-refractivity contribution is 7.88. The van der Waals surface area contributed by atoms with Crippen LogP contribution in [0, 0.1) is 0 Å².